The maximum atomic E-state index is 12.2. The average Bonchev–Trinajstić information content (AvgIpc) is 2.74. The van der Waals surface area contributed by atoms with Gasteiger partial charge in [0.1, 0.15) is 11.5 Å². The van der Waals surface area contributed by atoms with Crippen LogP contribution < -0.4 is 24.3 Å². The van der Waals surface area contributed by atoms with E-state index in [0.29, 0.717) is 32.6 Å². The first-order chi connectivity index (χ1) is 14.1. The fraction of sp³-hybridized carbons (Fsp3) is 0.435. The first-order valence-electron chi connectivity index (χ1n) is 9.96. The summed E-state index contributed by atoms with van der Waals surface area (Å²) in [7, 11) is 3.23. The maximum Gasteiger partial charge on any atom is 0.220 e. The van der Waals surface area contributed by atoms with Crippen LogP contribution in [0, 0.1) is 0 Å². The number of carbonyl (C=O) groups excluding carboxylic acids is 1. The zero-order valence-corrected chi connectivity index (χ0v) is 17.7. The average molecular weight is 402 g/mol. The van der Waals surface area contributed by atoms with Crippen LogP contribution in [0.1, 0.15) is 31.4 Å². The number of hydrogen-bond acceptors (Lipinski definition) is 5. The summed E-state index contributed by atoms with van der Waals surface area (Å²) >= 11 is 0. The number of nitrogens with one attached hydrogen (secondary N) is 1. The smallest absolute Gasteiger partial charge is 0.220 e. The number of methoxy groups -OCH3 is 2. The number of benzene rings is 2. The number of rotatable bonds is 12. The molecule has 0 aliphatic heterocycles. The Morgan fingerprint density at radius 3 is 2.10 bits per heavy atom. The van der Waals surface area contributed by atoms with E-state index in [-0.39, 0.29) is 5.91 Å². The van der Waals surface area contributed by atoms with Gasteiger partial charge >= 0.3 is 0 Å². The van der Waals surface area contributed by atoms with Gasteiger partial charge in [0.25, 0.3) is 0 Å². The molecular formula is C23H31NO5. The van der Waals surface area contributed by atoms with Gasteiger partial charge in [-0.25, -0.2) is 0 Å². The quantitative estimate of drug-likeness (QED) is 0.586. The molecule has 1 amide bonds. The lowest BCUT2D eigenvalue weighted by Gasteiger charge is -2.13. The van der Waals surface area contributed by atoms with Crippen LogP contribution in [0.3, 0.4) is 0 Å². The van der Waals surface area contributed by atoms with Crippen LogP contribution in [-0.4, -0.2) is 39.9 Å². The van der Waals surface area contributed by atoms with E-state index in [1.165, 1.54) is 0 Å². The summed E-state index contributed by atoms with van der Waals surface area (Å²) in [5.41, 5.74) is 2.10. The zero-order chi connectivity index (χ0) is 21.1. The molecule has 0 aromatic heterocycles. The van der Waals surface area contributed by atoms with E-state index in [9.17, 15) is 4.79 Å². The van der Waals surface area contributed by atoms with Crippen LogP contribution in [0.4, 0.5) is 0 Å². The van der Waals surface area contributed by atoms with Crippen molar-refractivity contribution in [2.24, 2.45) is 0 Å². The monoisotopic (exact) mass is 401 g/mol. The minimum Gasteiger partial charge on any atom is -0.497 e. The Labute approximate surface area is 173 Å². The zero-order valence-electron chi connectivity index (χ0n) is 17.7. The van der Waals surface area contributed by atoms with Crippen molar-refractivity contribution in [1.29, 1.82) is 0 Å². The highest BCUT2D eigenvalue weighted by atomic mass is 16.5. The summed E-state index contributed by atoms with van der Waals surface area (Å²) in [6, 6.07) is 11.6. The van der Waals surface area contributed by atoms with Gasteiger partial charge in [0, 0.05) is 19.0 Å². The van der Waals surface area contributed by atoms with Crippen molar-refractivity contribution in [1.82, 2.24) is 5.32 Å². The fourth-order valence-electron chi connectivity index (χ4n) is 2.95. The molecule has 158 valence electrons. The fourth-order valence-corrected chi connectivity index (χ4v) is 2.95. The second-order valence-corrected chi connectivity index (χ2v) is 6.47. The Morgan fingerprint density at radius 1 is 0.828 bits per heavy atom. The number of hydrogen-bond donors (Lipinski definition) is 1. The molecule has 0 heterocycles. The molecule has 1 N–H and O–H groups in total. The number of aryl methyl sites for hydroxylation is 1. The van der Waals surface area contributed by atoms with Crippen molar-refractivity contribution in [2.75, 3.05) is 34.0 Å². The highest BCUT2D eigenvalue weighted by molar-refractivity contribution is 5.76. The van der Waals surface area contributed by atoms with E-state index in [4.69, 9.17) is 18.9 Å². The molecule has 0 radical (unpaired) electrons. The first kappa shape index (κ1) is 22.4. The molecule has 0 saturated heterocycles. The van der Waals surface area contributed by atoms with Crippen LogP contribution in [0.15, 0.2) is 36.4 Å². The third-order valence-corrected chi connectivity index (χ3v) is 4.40. The Morgan fingerprint density at radius 2 is 1.48 bits per heavy atom. The van der Waals surface area contributed by atoms with E-state index >= 15 is 0 Å². The van der Waals surface area contributed by atoms with Gasteiger partial charge in [-0.3, -0.25) is 4.79 Å². The van der Waals surface area contributed by atoms with Crippen LogP contribution in [0.2, 0.25) is 0 Å². The summed E-state index contributed by atoms with van der Waals surface area (Å²) < 4.78 is 21.8. The van der Waals surface area contributed by atoms with Crippen molar-refractivity contribution in [3.63, 3.8) is 0 Å². The molecule has 2 rings (SSSR count). The third kappa shape index (κ3) is 7.22. The van der Waals surface area contributed by atoms with Gasteiger partial charge < -0.3 is 24.3 Å². The largest absolute Gasteiger partial charge is 0.497 e. The predicted octanol–water partition coefficient (Wildman–Crippen LogP) is 3.79. The van der Waals surface area contributed by atoms with E-state index in [0.717, 1.165) is 40.5 Å². The molecule has 6 nitrogen and oxygen atoms in total. The van der Waals surface area contributed by atoms with Gasteiger partial charge in [-0.15, -0.1) is 0 Å². The molecule has 2 aromatic rings. The second kappa shape index (κ2) is 11.8. The molecular weight excluding hydrogens is 370 g/mol. The summed E-state index contributed by atoms with van der Waals surface area (Å²) in [6.45, 7) is 5.63. The van der Waals surface area contributed by atoms with Crippen molar-refractivity contribution in [3.05, 3.63) is 47.5 Å². The minimum absolute atomic E-state index is 0.0164. The number of carbonyl (C=O) groups is 1. The molecule has 2 aromatic carbocycles. The molecule has 29 heavy (non-hydrogen) atoms. The summed E-state index contributed by atoms with van der Waals surface area (Å²) in [6.07, 6.45) is 1.76. The van der Waals surface area contributed by atoms with Crippen LogP contribution in [-0.2, 0) is 17.6 Å². The Balaban J connectivity index is 1.83. The van der Waals surface area contributed by atoms with Crippen molar-refractivity contribution >= 4 is 5.91 Å². The Kier molecular flexibility index (Phi) is 9.15. The van der Waals surface area contributed by atoms with E-state index in [2.05, 4.69) is 5.32 Å². The SMILES string of the molecule is CCOc1ccc(CCNC(=O)CCc2cc(OC)cc(OC)c2)cc1OCC. The van der Waals surface area contributed by atoms with Crippen molar-refractivity contribution in [3.8, 4) is 23.0 Å². The standard InChI is InChI=1S/C23H31NO5/c1-5-28-21-9-7-17(15-22(21)29-6-2)11-12-24-23(25)10-8-18-13-19(26-3)16-20(14-18)27-4/h7,9,13-16H,5-6,8,10-12H2,1-4H3,(H,24,25). The summed E-state index contributed by atoms with van der Waals surface area (Å²) in [4.78, 5) is 12.2. The van der Waals surface area contributed by atoms with Gasteiger partial charge in [-0.1, -0.05) is 6.07 Å². The van der Waals surface area contributed by atoms with Gasteiger partial charge in [-0.2, -0.15) is 0 Å². The lowest BCUT2D eigenvalue weighted by molar-refractivity contribution is -0.121. The van der Waals surface area contributed by atoms with E-state index < -0.39 is 0 Å². The Hall–Kier alpha value is -2.89. The highest BCUT2D eigenvalue weighted by Crippen LogP contribution is 2.28. The van der Waals surface area contributed by atoms with Crippen LogP contribution in [0.5, 0.6) is 23.0 Å². The van der Waals surface area contributed by atoms with E-state index in [1.54, 1.807) is 14.2 Å². The summed E-state index contributed by atoms with van der Waals surface area (Å²) in [5, 5.41) is 2.98. The van der Waals surface area contributed by atoms with Crippen LogP contribution in [0.25, 0.3) is 0 Å². The predicted molar refractivity (Wildman–Crippen MR) is 113 cm³/mol. The van der Waals surface area contributed by atoms with Gasteiger partial charge in [0.2, 0.25) is 5.91 Å². The maximum absolute atomic E-state index is 12.2. The van der Waals surface area contributed by atoms with Gasteiger partial charge in [0.15, 0.2) is 11.5 Å². The first-order valence-corrected chi connectivity index (χ1v) is 9.96. The lowest BCUT2D eigenvalue weighted by atomic mass is 10.1. The van der Waals surface area contributed by atoms with Crippen molar-refractivity contribution in [2.45, 2.75) is 33.1 Å². The van der Waals surface area contributed by atoms with Crippen molar-refractivity contribution < 1.29 is 23.7 Å². The molecule has 0 saturated carbocycles. The second-order valence-electron chi connectivity index (χ2n) is 6.47. The minimum atomic E-state index is 0.0164. The molecule has 0 atom stereocenters. The highest BCUT2D eigenvalue weighted by Gasteiger charge is 2.08. The van der Waals surface area contributed by atoms with Gasteiger partial charge in [-0.05, 0) is 62.1 Å². The molecule has 0 aliphatic rings. The molecule has 6 heteroatoms. The Bertz CT molecular complexity index is 769. The van der Waals surface area contributed by atoms with E-state index in [1.807, 2.05) is 50.2 Å². The number of amides is 1. The van der Waals surface area contributed by atoms with Crippen LogP contribution >= 0.6 is 0 Å². The molecule has 0 unspecified atom stereocenters. The normalized spacial score (nSPS) is 10.3. The molecule has 0 spiro atoms. The number of ether oxygens (including phenoxy) is 4. The molecule has 0 bridgehead atoms. The topological polar surface area (TPSA) is 66.0 Å². The third-order valence-electron chi connectivity index (χ3n) is 4.40. The lowest BCUT2D eigenvalue weighted by Crippen LogP contribution is -2.25. The molecule has 0 fully saturated rings. The molecule has 0 aliphatic carbocycles. The van der Waals surface area contributed by atoms with Gasteiger partial charge in [0.05, 0.1) is 27.4 Å². The summed E-state index contributed by atoms with van der Waals surface area (Å²) in [5.74, 6) is 2.95.